The van der Waals surface area contributed by atoms with Crippen molar-refractivity contribution in [3.05, 3.63) is 50.6 Å². The first kappa shape index (κ1) is 11.9. The van der Waals surface area contributed by atoms with Crippen molar-refractivity contribution >= 4 is 38.9 Å². The van der Waals surface area contributed by atoms with E-state index in [4.69, 9.17) is 0 Å². The molecule has 3 rings (SSSR count). The Labute approximate surface area is 118 Å². The quantitative estimate of drug-likeness (QED) is 0.774. The fourth-order valence-electron chi connectivity index (χ4n) is 2.42. The normalized spacial score (nSPS) is 17.9. The lowest BCUT2D eigenvalue weighted by Gasteiger charge is -2.21. The molecule has 2 aromatic rings. The number of benzene rings is 1. The SMILES string of the molecule is C[C@H]1Cc2ccccc2N1C(=O)c1ccc(Br)s1. The summed E-state index contributed by atoms with van der Waals surface area (Å²) in [7, 11) is 0. The predicted molar refractivity (Wildman–Crippen MR) is 78.4 cm³/mol. The van der Waals surface area contributed by atoms with Crippen molar-refractivity contribution in [3.8, 4) is 0 Å². The molecule has 1 aromatic heterocycles. The number of hydrogen-bond acceptors (Lipinski definition) is 2. The molecule has 0 unspecified atom stereocenters. The summed E-state index contributed by atoms with van der Waals surface area (Å²) in [4.78, 5) is 15.2. The number of nitrogens with zero attached hydrogens (tertiary/aromatic N) is 1. The van der Waals surface area contributed by atoms with Crippen LogP contribution in [0.15, 0.2) is 40.2 Å². The monoisotopic (exact) mass is 321 g/mol. The van der Waals surface area contributed by atoms with Crippen LogP contribution >= 0.6 is 27.3 Å². The Hall–Kier alpha value is -1.13. The first-order valence-electron chi connectivity index (χ1n) is 5.83. The minimum atomic E-state index is 0.100. The summed E-state index contributed by atoms with van der Waals surface area (Å²) in [5.41, 5.74) is 2.31. The number of rotatable bonds is 1. The molecule has 18 heavy (non-hydrogen) atoms. The van der Waals surface area contributed by atoms with Crippen molar-refractivity contribution in [1.82, 2.24) is 0 Å². The van der Waals surface area contributed by atoms with Gasteiger partial charge in [-0.2, -0.15) is 0 Å². The number of carbonyl (C=O) groups is 1. The molecule has 1 atom stereocenters. The first-order chi connectivity index (χ1) is 8.66. The van der Waals surface area contributed by atoms with Gasteiger partial charge in [0.1, 0.15) is 0 Å². The van der Waals surface area contributed by atoms with Crippen LogP contribution in [0.5, 0.6) is 0 Å². The lowest BCUT2D eigenvalue weighted by molar-refractivity contribution is 0.0985. The van der Waals surface area contributed by atoms with Gasteiger partial charge in [-0.1, -0.05) is 18.2 Å². The van der Waals surface area contributed by atoms with Crippen molar-refractivity contribution < 1.29 is 4.79 Å². The van der Waals surface area contributed by atoms with Crippen molar-refractivity contribution in [2.45, 2.75) is 19.4 Å². The van der Waals surface area contributed by atoms with Gasteiger partial charge >= 0.3 is 0 Å². The van der Waals surface area contributed by atoms with E-state index in [0.717, 1.165) is 20.8 Å². The second-order valence-corrected chi connectivity index (χ2v) is 6.92. The third-order valence-corrected chi connectivity index (χ3v) is 4.82. The van der Waals surface area contributed by atoms with Gasteiger partial charge in [0.05, 0.1) is 8.66 Å². The van der Waals surface area contributed by atoms with Crippen LogP contribution in [0.1, 0.15) is 22.2 Å². The van der Waals surface area contributed by atoms with Crippen LogP contribution in [-0.4, -0.2) is 11.9 Å². The number of thiophene rings is 1. The Kier molecular flexibility index (Phi) is 2.99. The van der Waals surface area contributed by atoms with E-state index in [9.17, 15) is 4.79 Å². The molecular formula is C14H12BrNOS. The Morgan fingerprint density at radius 1 is 1.33 bits per heavy atom. The summed E-state index contributed by atoms with van der Waals surface area (Å²) in [5, 5.41) is 0. The largest absolute Gasteiger partial charge is 0.304 e. The van der Waals surface area contributed by atoms with Gasteiger partial charge in [0.15, 0.2) is 0 Å². The average Bonchev–Trinajstić information content (AvgIpc) is 2.91. The second kappa shape index (κ2) is 4.52. The fourth-order valence-corrected chi connectivity index (χ4v) is 3.75. The van der Waals surface area contributed by atoms with Crippen LogP contribution in [0.25, 0.3) is 0 Å². The number of anilines is 1. The molecule has 0 saturated carbocycles. The molecule has 4 heteroatoms. The molecule has 0 spiro atoms. The fraction of sp³-hybridized carbons (Fsp3) is 0.214. The molecule has 1 amide bonds. The van der Waals surface area contributed by atoms with E-state index >= 15 is 0 Å². The van der Waals surface area contributed by atoms with Gasteiger partial charge in [-0.15, -0.1) is 11.3 Å². The third kappa shape index (κ3) is 1.89. The van der Waals surface area contributed by atoms with E-state index in [-0.39, 0.29) is 11.9 Å². The molecule has 1 aliphatic rings. The molecule has 0 fully saturated rings. The summed E-state index contributed by atoms with van der Waals surface area (Å²) in [6.07, 6.45) is 0.939. The molecule has 0 saturated heterocycles. The standard InChI is InChI=1S/C14H12BrNOS/c1-9-8-10-4-2-3-5-11(10)16(9)14(17)12-6-7-13(15)18-12/h2-7,9H,8H2,1H3/t9-/m0/s1. The Bertz CT molecular complexity index is 607. The van der Waals surface area contributed by atoms with E-state index in [1.165, 1.54) is 16.9 Å². The molecular weight excluding hydrogens is 310 g/mol. The minimum absolute atomic E-state index is 0.100. The van der Waals surface area contributed by atoms with Gasteiger partial charge < -0.3 is 4.90 Å². The van der Waals surface area contributed by atoms with Crippen LogP contribution in [0, 0.1) is 0 Å². The average molecular weight is 322 g/mol. The van der Waals surface area contributed by atoms with Gasteiger partial charge in [-0.25, -0.2) is 0 Å². The van der Waals surface area contributed by atoms with Crippen molar-refractivity contribution in [3.63, 3.8) is 0 Å². The zero-order valence-corrected chi connectivity index (χ0v) is 12.3. The number of amides is 1. The van der Waals surface area contributed by atoms with E-state index < -0.39 is 0 Å². The van der Waals surface area contributed by atoms with Crippen molar-refractivity contribution in [1.29, 1.82) is 0 Å². The van der Waals surface area contributed by atoms with Crippen LogP contribution in [-0.2, 0) is 6.42 Å². The highest BCUT2D eigenvalue weighted by Crippen LogP contribution is 2.34. The van der Waals surface area contributed by atoms with Gasteiger partial charge in [0, 0.05) is 11.7 Å². The lowest BCUT2D eigenvalue weighted by atomic mass is 10.1. The maximum Gasteiger partial charge on any atom is 0.268 e. The number of halogens is 1. The van der Waals surface area contributed by atoms with Gasteiger partial charge in [-0.05, 0) is 53.0 Å². The van der Waals surface area contributed by atoms with Crippen molar-refractivity contribution in [2.24, 2.45) is 0 Å². The molecule has 1 aromatic carbocycles. The first-order valence-corrected chi connectivity index (χ1v) is 7.44. The lowest BCUT2D eigenvalue weighted by Crippen LogP contribution is -2.35. The summed E-state index contributed by atoms with van der Waals surface area (Å²) >= 11 is 4.89. The Morgan fingerprint density at radius 3 is 2.83 bits per heavy atom. The maximum absolute atomic E-state index is 12.5. The summed E-state index contributed by atoms with van der Waals surface area (Å²) in [6.45, 7) is 2.10. The molecule has 0 bridgehead atoms. The molecule has 92 valence electrons. The zero-order valence-electron chi connectivity index (χ0n) is 9.89. The highest BCUT2D eigenvalue weighted by Gasteiger charge is 2.31. The van der Waals surface area contributed by atoms with Crippen LogP contribution in [0.3, 0.4) is 0 Å². The molecule has 0 radical (unpaired) electrons. The molecule has 2 heterocycles. The summed E-state index contributed by atoms with van der Waals surface area (Å²) < 4.78 is 0.992. The van der Waals surface area contributed by atoms with Crippen LogP contribution in [0.4, 0.5) is 5.69 Å². The van der Waals surface area contributed by atoms with Gasteiger partial charge in [0.25, 0.3) is 5.91 Å². The highest BCUT2D eigenvalue weighted by atomic mass is 79.9. The molecule has 0 N–H and O–H groups in total. The topological polar surface area (TPSA) is 20.3 Å². The van der Waals surface area contributed by atoms with Gasteiger partial charge in [0.2, 0.25) is 0 Å². The summed E-state index contributed by atoms with van der Waals surface area (Å²) in [5.74, 6) is 0.100. The van der Waals surface area contributed by atoms with Crippen LogP contribution in [0.2, 0.25) is 0 Å². The third-order valence-electron chi connectivity index (χ3n) is 3.21. The number of carbonyl (C=O) groups excluding carboxylic acids is 1. The predicted octanol–water partition coefficient (Wildman–Crippen LogP) is 4.10. The molecule has 0 aliphatic carbocycles. The Balaban J connectivity index is 2.00. The highest BCUT2D eigenvalue weighted by molar-refractivity contribution is 9.11. The molecule has 2 nitrogen and oxygen atoms in total. The van der Waals surface area contributed by atoms with Crippen LogP contribution < -0.4 is 4.90 Å². The number of para-hydroxylation sites is 1. The smallest absolute Gasteiger partial charge is 0.268 e. The van der Waals surface area contributed by atoms with E-state index in [0.29, 0.717) is 0 Å². The number of fused-ring (bicyclic) bond motifs is 1. The second-order valence-electron chi connectivity index (χ2n) is 4.46. The zero-order chi connectivity index (χ0) is 12.7. The summed E-state index contributed by atoms with van der Waals surface area (Å²) in [6, 6.07) is 12.2. The Morgan fingerprint density at radius 2 is 2.11 bits per heavy atom. The molecule has 1 aliphatic heterocycles. The maximum atomic E-state index is 12.5. The minimum Gasteiger partial charge on any atom is -0.304 e. The number of hydrogen-bond donors (Lipinski definition) is 0. The van der Waals surface area contributed by atoms with Gasteiger partial charge in [-0.3, -0.25) is 4.79 Å². The van der Waals surface area contributed by atoms with E-state index in [2.05, 4.69) is 28.9 Å². The van der Waals surface area contributed by atoms with Crippen molar-refractivity contribution in [2.75, 3.05) is 4.90 Å². The van der Waals surface area contributed by atoms with E-state index in [1.54, 1.807) is 0 Å². The van der Waals surface area contributed by atoms with E-state index in [1.807, 2.05) is 35.2 Å².